The number of benzene rings is 1. The summed E-state index contributed by atoms with van der Waals surface area (Å²) in [5.41, 5.74) is 6.42. The van der Waals surface area contributed by atoms with E-state index in [4.69, 9.17) is 16.0 Å². The number of carbonyl (C=O) groups excluding carboxylic acids is 2. The molecule has 0 saturated heterocycles. The lowest BCUT2D eigenvalue weighted by Gasteiger charge is -2.13. The number of hydrogen-bond donors (Lipinski definition) is 2. The Labute approximate surface area is 182 Å². The maximum atomic E-state index is 12.9. The zero-order valence-corrected chi connectivity index (χ0v) is 18.1. The van der Waals surface area contributed by atoms with Gasteiger partial charge in [0.15, 0.2) is 5.76 Å². The molecule has 0 aliphatic heterocycles. The molecule has 1 aromatic carbocycles. The minimum absolute atomic E-state index is 0.248. The molecule has 0 saturated carbocycles. The highest BCUT2D eigenvalue weighted by atomic mass is 35.5. The number of amides is 2. The van der Waals surface area contributed by atoms with E-state index < -0.39 is 0 Å². The Morgan fingerprint density at radius 3 is 2.73 bits per heavy atom. The van der Waals surface area contributed by atoms with Gasteiger partial charge in [-0.3, -0.25) is 9.59 Å². The lowest BCUT2D eigenvalue weighted by Crippen LogP contribution is -2.21. The Bertz CT molecular complexity index is 1150. The first-order valence-corrected chi connectivity index (χ1v) is 10.8. The third-order valence-electron chi connectivity index (χ3n) is 5.01. The largest absolute Gasteiger partial charge is 0.455 e. The minimum Gasteiger partial charge on any atom is -0.455 e. The first-order chi connectivity index (χ1) is 14.4. The topological polar surface area (TPSA) is 83.7 Å². The van der Waals surface area contributed by atoms with E-state index in [1.807, 2.05) is 25.3 Å². The van der Waals surface area contributed by atoms with Gasteiger partial charge in [0, 0.05) is 28.3 Å². The second-order valence-corrected chi connectivity index (χ2v) is 8.48. The van der Waals surface area contributed by atoms with Crippen LogP contribution in [-0.4, -0.2) is 17.5 Å². The Balaban J connectivity index is 1.58. The molecule has 6 nitrogen and oxygen atoms in total. The Kier molecular flexibility index (Phi) is 5.74. The monoisotopic (exact) mass is 441 g/mol. The molecule has 2 N–H and O–H groups in total. The number of nitrogens with one attached hydrogen (secondary N) is 2. The van der Waals surface area contributed by atoms with Gasteiger partial charge in [-0.1, -0.05) is 17.7 Å². The number of hydrogen-bond acceptors (Lipinski definition) is 5. The molecule has 2 amide bonds. The van der Waals surface area contributed by atoms with Crippen molar-refractivity contribution in [2.24, 2.45) is 5.10 Å². The van der Waals surface area contributed by atoms with Crippen LogP contribution in [0.2, 0.25) is 5.02 Å². The first kappa shape index (κ1) is 20.4. The average molecular weight is 442 g/mol. The van der Waals surface area contributed by atoms with E-state index >= 15 is 0 Å². The second kappa shape index (κ2) is 8.45. The zero-order chi connectivity index (χ0) is 21.3. The summed E-state index contributed by atoms with van der Waals surface area (Å²) in [5, 5.41) is 9.68. The summed E-state index contributed by atoms with van der Waals surface area (Å²) in [6.45, 7) is 3.72. The summed E-state index contributed by atoms with van der Waals surface area (Å²) in [6.07, 6.45) is 2.27. The van der Waals surface area contributed by atoms with Crippen LogP contribution in [-0.2, 0) is 6.42 Å². The Hall–Kier alpha value is -2.90. The zero-order valence-electron chi connectivity index (χ0n) is 16.5. The Morgan fingerprint density at radius 1 is 1.17 bits per heavy atom. The summed E-state index contributed by atoms with van der Waals surface area (Å²) in [6, 6.07) is 8.85. The van der Waals surface area contributed by atoms with Crippen molar-refractivity contribution in [1.82, 2.24) is 5.43 Å². The van der Waals surface area contributed by atoms with Gasteiger partial charge in [0.25, 0.3) is 11.8 Å². The molecule has 0 spiro atoms. The molecule has 0 bridgehead atoms. The van der Waals surface area contributed by atoms with E-state index in [-0.39, 0.29) is 17.6 Å². The molecule has 1 aliphatic carbocycles. The molecule has 30 heavy (non-hydrogen) atoms. The SMILES string of the molecule is Cc1cc(Cl)ccc1NC(=O)c1oc2c(c1C)/C(=N/NC(=O)c1cccs1)CCC2. The number of thiophene rings is 1. The first-order valence-electron chi connectivity index (χ1n) is 9.54. The molecule has 0 fully saturated rings. The number of fused-ring (bicyclic) bond motifs is 1. The van der Waals surface area contributed by atoms with Crippen LogP contribution < -0.4 is 10.7 Å². The van der Waals surface area contributed by atoms with Gasteiger partial charge in [0.1, 0.15) is 5.76 Å². The number of carbonyl (C=O) groups is 2. The number of rotatable bonds is 4. The van der Waals surface area contributed by atoms with Crippen LogP contribution in [0.4, 0.5) is 5.69 Å². The predicted octanol–water partition coefficient (Wildman–Crippen LogP) is 5.33. The maximum absolute atomic E-state index is 12.9. The van der Waals surface area contributed by atoms with Gasteiger partial charge in [-0.15, -0.1) is 11.3 Å². The number of halogens is 1. The molecule has 8 heteroatoms. The van der Waals surface area contributed by atoms with Gasteiger partial charge in [0.2, 0.25) is 0 Å². The fraction of sp³-hybridized carbons (Fsp3) is 0.227. The van der Waals surface area contributed by atoms with E-state index in [1.54, 1.807) is 24.3 Å². The average Bonchev–Trinajstić information content (AvgIpc) is 3.37. The normalized spacial score (nSPS) is 14.4. The van der Waals surface area contributed by atoms with E-state index in [2.05, 4.69) is 15.8 Å². The van der Waals surface area contributed by atoms with Crippen molar-refractivity contribution in [3.8, 4) is 0 Å². The smallest absolute Gasteiger partial charge is 0.291 e. The summed E-state index contributed by atoms with van der Waals surface area (Å²) < 4.78 is 5.91. The molecule has 0 unspecified atom stereocenters. The molecule has 3 aromatic rings. The summed E-state index contributed by atoms with van der Waals surface area (Å²) in [4.78, 5) is 25.7. The number of anilines is 1. The highest BCUT2D eigenvalue weighted by Crippen LogP contribution is 2.31. The molecule has 0 radical (unpaired) electrons. The van der Waals surface area contributed by atoms with Crippen LogP contribution in [0, 0.1) is 13.8 Å². The third kappa shape index (κ3) is 4.04. The van der Waals surface area contributed by atoms with Crippen molar-refractivity contribution in [3.63, 3.8) is 0 Å². The third-order valence-corrected chi connectivity index (χ3v) is 6.11. The van der Waals surface area contributed by atoms with Gasteiger partial charge in [-0.2, -0.15) is 5.10 Å². The van der Waals surface area contributed by atoms with Crippen molar-refractivity contribution in [1.29, 1.82) is 0 Å². The van der Waals surface area contributed by atoms with Crippen LogP contribution in [0.25, 0.3) is 0 Å². The molecule has 2 heterocycles. The maximum Gasteiger partial charge on any atom is 0.291 e. The molecule has 154 valence electrons. The number of nitrogens with zero attached hydrogens (tertiary/aromatic N) is 1. The van der Waals surface area contributed by atoms with Gasteiger partial charge < -0.3 is 9.73 Å². The second-order valence-electron chi connectivity index (χ2n) is 7.10. The van der Waals surface area contributed by atoms with E-state index in [0.29, 0.717) is 22.0 Å². The molecule has 2 aromatic heterocycles. The van der Waals surface area contributed by atoms with Crippen LogP contribution in [0.5, 0.6) is 0 Å². The van der Waals surface area contributed by atoms with Crippen LogP contribution >= 0.6 is 22.9 Å². The quantitative estimate of drug-likeness (QED) is 0.536. The van der Waals surface area contributed by atoms with Crippen molar-refractivity contribution in [2.75, 3.05) is 5.32 Å². The number of hydrazone groups is 1. The van der Waals surface area contributed by atoms with E-state index in [9.17, 15) is 9.59 Å². The van der Waals surface area contributed by atoms with E-state index in [0.717, 1.165) is 41.0 Å². The Morgan fingerprint density at radius 2 is 2.00 bits per heavy atom. The molecular formula is C22H20ClN3O3S. The molecule has 0 atom stereocenters. The fourth-order valence-electron chi connectivity index (χ4n) is 3.52. The van der Waals surface area contributed by atoms with Crippen LogP contribution in [0.3, 0.4) is 0 Å². The standard InChI is InChI=1S/C22H20ClN3O3S/c1-12-11-14(23)8-9-15(12)24-22(28)20-13(2)19-16(5-3-6-17(19)29-20)25-26-21(27)18-7-4-10-30-18/h4,7-11H,3,5-6H2,1-2H3,(H,24,28)(H,26,27)/b25-16+. The number of furan rings is 1. The minimum atomic E-state index is -0.325. The number of aryl methyl sites for hydroxylation is 2. The van der Waals surface area contributed by atoms with Crippen molar-refractivity contribution < 1.29 is 14.0 Å². The van der Waals surface area contributed by atoms with E-state index in [1.165, 1.54) is 11.3 Å². The summed E-state index contributed by atoms with van der Waals surface area (Å²) in [7, 11) is 0. The van der Waals surface area contributed by atoms with Gasteiger partial charge in [0.05, 0.1) is 10.6 Å². The molecular weight excluding hydrogens is 422 g/mol. The highest BCUT2D eigenvalue weighted by Gasteiger charge is 2.28. The van der Waals surface area contributed by atoms with Crippen LogP contribution in [0.1, 0.15) is 55.5 Å². The van der Waals surface area contributed by atoms with Crippen molar-refractivity contribution >= 4 is 46.2 Å². The van der Waals surface area contributed by atoms with Crippen molar-refractivity contribution in [3.05, 3.63) is 73.8 Å². The fourth-order valence-corrected chi connectivity index (χ4v) is 4.36. The van der Waals surface area contributed by atoms with Gasteiger partial charge in [-0.05, 0) is 61.9 Å². The van der Waals surface area contributed by atoms with Gasteiger partial charge >= 0.3 is 0 Å². The summed E-state index contributed by atoms with van der Waals surface area (Å²) >= 11 is 7.35. The lowest BCUT2D eigenvalue weighted by molar-refractivity contribution is 0.0957. The highest BCUT2D eigenvalue weighted by molar-refractivity contribution is 7.12. The molecule has 1 aliphatic rings. The van der Waals surface area contributed by atoms with Crippen LogP contribution in [0.15, 0.2) is 45.2 Å². The molecule has 4 rings (SSSR count). The lowest BCUT2D eigenvalue weighted by atomic mass is 9.93. The summed E-state index contributed by atoms with van der Waals surface area (Å²) in [5.74, 6) is 0.408. The van der Waals surface area contributed by atoms with Gasteiger partial charge in [-0.25, -0.2) is 5.43 Å². The van der Waals surface area contributed by atoms with Crippen molar-refractivity contribution in [2.45, 2.75) is 33.1 Å². The predicted molar refractivity (Wildman–Crippen MR) is 119 cm³/mol.